The maximum absolute atomic E-state index is 12.4. The van der Waals surface area contributed by atoms with Crippen molar-refractivity contribution in [3.8, 4) is 0 Å². The zero-order chi connectivity index (χ0) is 20.1. The summed E-state index contributed by atoms with van der Waals surface area (Å²) < 4.78 is 20.2. The van der Waals surface area contributed by atoms with Crippen molar-refractivity contribution in [3.05, 3.63) is 33.0 Å². The first kappa shape index (κ1) is 20.4. The molecule has 146 valence electrons. The van der Waals surface area contributed by atoms with Crippen molar-refractivity contribution in [2.45, 2.75) is 34.3 Å². The van der Waals surface area contributed by atoms with Crippen molar-refractivity contribution in [1.29, 1.82) is 0 Å². The number of carbonyl (C=O) groups excluding carboxylic acids is 3. The van der Waals surface area contributed by atoms with Gasteiger partial charge in [-0.15, -0.1) is 11.3 Å². The summed E-state index contributed by atoms with van der Waals surface area (Å²) in [6, 6.07) is 0. The minimum Gasteiger partial charge on any atom is -0.462 e. The molecule has 2 N–H and O–H groups in total. The molecule has 27 heavy (non-hydrogen) atoms. The molecule has 2 aromatic rings. The number of aromatic nitrogens is 1. The molecule has 9 nitrogen and oxygen atoms in total. The number of nitrogens with two attached hydrogens (primary N) is 1. The number of nitrogen functional groups attached to an aromatic ring is 1. The van der Waals surface area contributed by atoms with Crippen LogP contribution in [0.5, 0.6) is 0 Å². The molecule has 0 aliphatic rings. The number of hydrogen-bond acceptors (Lipinski definition) is 10. The van der Waals surface area contributed by atoms with Crippen LogP contribution in [0, 0.1) is 13.8 Å². The van der Waals surface area contributed by atoms with Gasteiger partial charge in [0.25, 0.3) is 0 Å². The number of carbonyl (C=O) groups is 3. The second kappa shape index (κ2) is 8.67. The van der Waals surface area contributed by atoms with E-state index >= 15 is 0 Å². The van der Waals surface area contributed by atoms with Crippen LogP contribution in [0.25, 0.3) is 0 Å². The molecule has 0 fully saturated rings. The SMILES string of the molecule is CCOC(=O)c1sc(N)c(C(=O)OCC)c1COC(=O)c1c(C)noc1C. The quantitative estimate of drug-likeness (QED) is 0.554. The molecular weight excluding hydrogens is 376 g/mol. The van der Waals surface area contributed by atoms with Crippen LogP contribution in [0.4, 0.5) is 5.00 Å². The van der Waals surface area contributed by atoms with Crippen molar-refractivity contribution in [2.24, 2.45) is 0 Å². The van der Waals surface area contributed by atoms with Gasteiger partial charge in [-0.25, -0.2) is 14.4 Å². The third-order valence-corrected chi connectivity index (χ3v) is 4.60. The summed E-state index contributed by atoms with van der Waals surface area (Å²) in [5.41, 5.74) is 6.61. The first-order chi connectivity index (χ1) is 12.8. The fraction of sp³-hybridized carbons (Fsp3) is 0.412. The summed E-state index contributed by atoms with van der Waals surface area (Å²) in [5, 5.41) is 3.78. The Labute approximate surface area is 159 Å². The Morgan fingerprint density at radius 3 is 2.15 bits per heavy atom. The predicted octanol–water partition coefficient (Wildman–Crippen LogP) is 2.65. The number of hydrogen-bond donors (Lipinski definition) is 1. The Morgan fingerprint density at radius 2 is 1.59 bits per heavy atom. The molecule has 0 bridgehead atoms. The van der Waals surface area contributed by atoms with E-state index in [0.29, 0.717) is 11.5 Å². The van der Waals surface area contributed by atoms with Gasteiger partial charge in [-0.05, 0) is 27.7 Å². The topological polar surface area (TPSA) is 131 Å². The molecule has 10 heteroatoms. The van der Waals surface area contributed by atoms with Crippen molar-refractivity contribution in [3.63, 3.8) is 0 Å². The maximum atomic E-state index is 12.4. The molecule has 0 unspecified atom stereocenters. The Morgan fingerprint density at radius 1 is 1.00 bits per heavy atom. The van der Waals surface area contributed by atoms with Crippen molar-refractivity contribution in [2.75, 3.05) is 18.9 Å². The normalized spacial score (nSPS) is 10.5. The van der Waals surface area contributed by atoms with Gasteiger partial charge in [-0.1, -0.05) is 5.16 Å². The summed E-state index contributed by atoms with van der Waals surface area (Å²) in [6.45, 7) is 6.38. The number of rotatable bonds is 7. The van der Waals surface area contributed by atoms with E-state index in [9.17, 15) is 14.4 Å². The lowest BCUT2D eigenvalue weighted by molar-refractivity contribution is 0.0435. The zero-order valence-electron chi connectivity index (χ0n) is 15.4. The highest BCUT2D eigenvalue weighted by atomic mass is 32.1. The predicted molar refractivity (Wildman–Crippen MR) is 95.7 cm³/mol. The van der Waals surface area contributed by atoms with Crippen molar-refractivity contribution in [1.82, 2.24) is 5.16 Å². The smallest absolute Gasteiger partial charge is 0.348 e. The summed E-state index contributed by atoms with van der Waals surface area (Å²) in [6.07, 6.45) is 0. The van der Waals surface area contributed by atoms with Gasteiger partial charge in [0.1, 0.15) is 33.4 Å². The molecule has 0 aliphatic heterocycles. The molecule has 0 aromatic carbocycles. The Bertz CT molecular complexity index is 850. The van der Waals surface area contributed by atoms with E-state index in [1.54, 1.807) is 27.7 Å². The number of ether oxygens (including phenoxy) is 3. The summed E-state index contributed by atoms with van der Waals surface area (Å²) in [4.78, 5) is 36.9. The van der Waals surface area contributed by atoms with E-state index in [1.165, 1.54) is 0 Å². The van der Waals surface area contributed by atoms with E-state index in [4.69, 9.17) is 24.5 Å². The van der Waals surface area contributed by atoms with Crippen LogP contribution in [0.2, 0.25) is 0 Å². The zero-order valence-corrected chi connectivity index (χ0v) is 16.2. The monoisotopic (exact) mass is 396 g/mol. The first-order valence-corrected chi connectivity index (χ1v) is 8.98. The molecule has 0 spiro atoms. The lowest BCUT2D eigenvalue weighted by atomic mass is 10.1. The third kappa shape index (κ3) is 4.27. The lowest BCUT2D eigenvalue weighted by Gasteiger charge is -2.09. The highest BCUT2D eigenvalue weighted by molar-refractivity contribution is 7.18. The molecule has 0 amide bonds. The van der Waals surface area contributed by atoms with Crippen molar-refractivity contribution >= 4 is 34.2 Å². The average Bonchev–Trinajstić information content (AvgIpc) is 3.12. The highest BCUT2D eigenvalue weighted by Gasteiger charge is 2.29. The van der Waals surface area contributed by atoms with E-state index in [1.807, 2.05) is 0 Å². The number of aryl methyl sites for hydroxylation is 2. The third-order valence-electron chi connectivity index (χ3n) is 3.56. The van der Waals surface area contributed by atoms with Gasteiger partial charge < -0.3 is 24.5 Å². The number of anilines is 1. The lowest BCUT2D eigenvalue weighted by Crippen LogP contribution is -2.14. The van der Waals surface area contributed by atoms with Crippen LogP contribution in [-0.4, -0.2) is 36.3 Å². The highest BCUT2D eigenvalue weighted by Crippen LogP contribution is 2.33. The van der Waals surface area contributed by atoms with E-state index in [-0.39, 0.29) is 46.4 Å². The Kier molecular flexibility index (Phi) is 6.56. The molecule has 2 heterocycles. The number of thiophene rings is 1. The molecular formula is C17H20N2O7S. The minimum absolute atomic E-state index is 0.00327. The van der Waals surface area contributed by atoms with Gasteiger partial charge in [0, 0.05) is 5.56 Å². The standard InChI is InChI=1S/C17H20N2O7S/c1-5-23-16(21)12-10(13(27-14(12)18)17(22)24-6-2)7-25-15(20)11-8(3)19-26-9(11)4/h5-7,18H2,1-4H3. The largest absolute Gasteiger partial charge is 0.462 e. The number of esters is 3. The Hall–Kier alpha value is -2.88. The average molecular weight is 396 g/mol. The van der Waals surface area contributed by atoms with E-state index in [0.717, 1.165) is 11.3 Å². The van der Waals surface area contributed by atoms with E-state index < -0.39 is 17.9 Å². The summed E-state index contributed by atoms with van der Waals surface area (Å²) in [7, 11) is 0. The van der Waals surface area contributed by atoms with Gasteiger partial charge in [0.05, 0.1) is 18.9 Å². The van der Waals surface area contributed by atoms with Gasteiger partial charge in [-0.3, -0.25) is 0 Å². The molecule has 0 saturated heterocycles. The van der Waals surface area contributed by atoms with Gasteiger partial charge in [0.2, 0.25) is 0 Å². The maximum Gasteiger partial charge on any atom is 0.348 e. The van der Waals surface area contributed by atoms with Crippen LogP contribution < -0.4 is 5.73 Å². The molecule has 2 aromatic heterocycles. The Balaban J connectivity index is 2.36. The first-order valence-electron chi connectivity index (χ1n) is 8.17. The van der Waals surface area contributed by atoms with Gasteiger partial charge in [0.15, 0.2) is 0 Å². The van der Waals surface area contributed by atoms with Gasteiger partial charge >= 0.3 is 17.9 Å². The minimum atomic E-state index is -0.704. The summed E-state index contributed by atoms with van der Waals surface area (Å²) in [5.74, 6) is -1.75. The molecule has 2 rings (SSSR count). The van der Waals surface area contributed by atoms with E-state index in [2.05, 4.69) is 5.16 Å². The fourth-order valence-electron chi connectivity index (χ4n) is 2.40. The number of nitrogens with zero attached hydrogens (tertiary/aromatic N) is 1. The van der Waals surface area contributed by atoms with Crippen LogP contribution in [-0.2, 0) is 20.8 Å². The van der Waals surface area contributed by atoms with Crippen molar-refractivity contribution < 1.29 is 33.1 Å². The fourth-order valence-corrected chi connectivity index (χ4v) is 3.35. The van der Waals surface area contributed by atoms with Crippen LogP contribution in [0.15, 0.2) is 4.52 Å². The molecule has 0 aliphatic carbocycles. The second-order valence-electron chi connectivity index (χ2n) is 5.37. The molecule has 0 atom stereocenters. The molecule has 0 saturated carbocycles. The molecule has 0 radical (unpaired) electrons. The second-order valence-corrected chi connectivity index (χ2v) is 6.42. The summed E-state index contributed by atoms with van der Waals surface area (Å²) >= 11 is 0.879. The van der Waals surface area contributed by atoms with Crippen LogP contribution in [0.3, 0.4) is 0 Å². The van der Waals surface area contributed by atoms with Crippen LogP contribution in [0.1, 0.15) is 61.3 Å². The van der Waals surface area contributed by atoms with Crippen LogP contribution >= 0.6 is 11.3 Å². The van der Waals surface area contributed by atoms with Gasteiger partial charge in [-0.2, -0.15) is 0 Å².